The number of rotatable bonds is 5. The molecular weight excluding hydrogens is 222 g/mol. The van der Waals surface area contributed by atoms with E-state index in [-0.39, 0.29) is 18.5 Å². The Morgan fingerprint density at radius 2 is 2.38 bits per heavy atom. The maximum Gasteiger partial charge on any atom is 0.240 e. The van der Waals surface area contributed by atoms with Crippen molar-refractivity contribution in [1.82, 2.24) is 9.88 Å². The zero-order valence-electron chi connectivity index (χ0n) is 9.56. The highest BCUT2D eigenvalue weighted by Crippen LogP contribution is 2.02. The molecule has 88 valence electrons. The smallest absolute Gasteiger partial charge is 0.240 e. The molecule has 1 aromatic rings. The molecule has 5 heteroatoms. The minimum absolute atomic E-state index is 0.0250. The van der Waals surface area contributed by atoms with Crippen LogP contribution in [-0.2, 0) is 11.3 Å². The third kappa shape index (κ3) is 3.34. The Labute approximate surface area is 101 Å². The van der Waals surface area contributed by atoms with Crippen LogP contribution in [0.5, 0.6) is 0 Å². The van der Waals surface area contributed by atoms with Gasteiger partial charge in [0.05, 0.1) is 5.69 Å². The van der Waals surface area contributed by atoms with Crippen LogP contribution in [0.15, 0.2) is 18.3 Å². The van der Waals surface area contributed by atoms with Crippen molar-refractivity contribution in [2.45, 2.75) is 32.9 Å². The Balaban J connectivity index is 2.63. The van der Waals surface area contributed by atoms with Crippen molar-refractivity contribution in [2.75, 3.05) is 0 Å². The fraction of sp³-hybridized carbons (Fsp3) is 0.455. The molecule has 0 saturated heterocycles. The first-order chi connectivity index (χ1) is 7.54. The van der Waals surface area contributed by atoms with Crippen molar-refractivity contribution in [3.05, 3.63) is 24.0 Å². The second-order valence-electron chi connectivity index (χ2n) is 3.76. The second kappa shape index (κ2) is 5.65. The molecule has 1 unspecified atom stereocenters. The normalized spacial score (nSPS) is 12.1. The standard InChI is InChI=1S/C11H17N3OS/c1-3-8(2)13-10(15)7-14-6-4-5-9(14)11(12)16/h4-6,8H,3,7H2,1-2H3,(H2,12,16)(H,13,15). The van der Waals surface area contributed by atoms with Crippen LogP contribution in [0.2, 0.25) is 0 Å². The Hall–Kier alpha value is -1.36. The molecule has 1 heterocycles. The summed E-state index contributed by atoms with van der Waals surface area (Å²) in [6.07, 6.45) is 2.71. The lowest BCUT2D eigenvalue weighted by molar-refractivity contribution is -0.122. The van der Waals surface area contributed by atoms with Crippen LogP contribution in [-0.4, -0.2) is 21.5 Å². The molecular formula is C11H17N3OS. The highest BCUT2D eigenvalue weighted by molar-refractivity contribution is 7.80. The zero-order valence-corrected chi connectivity index (χ0v) is 10.4. The SMILES string of the molecule is CCC(C)NC(=O)Cn1cccc1C(N)=S. The van der Waals surface area contributed by atoms with E-state index in [1.54, 1.807) is 16.8 Å². The second-order valence-corrected chi connectivity index (χ2v) is 4.20. The summed E-state index contributed by atoms with van der Waals surface area (Å²) in [4.78, 5) is 11.9. The lowest BCUT2D eigenvalue weighted by Gasteiger charge is -2.13. The van der Waals surface area contributed by atoms with E-state index in [0.29, 0.717) is 10.7 Å². The van der Waals surface area contributed by atoms with Gasteiger partial charge in [0.1, 0.15) is 11.5 Å². The number of nitrogens with one attached hydrogen (secondary N) is 1. The van der Waals surface area contributed by atoms with Crippen molar-refractivity contribution < 1.29 is 4.79 Å². The van der Waals surface area contributed by atoms with Gasteiger partial charge in [0.25, 0.3) is 0 Å². The monoisotopic (exact) mass is 239 g/mol. The van der Waals surface area contributed by atoms with Crippen LogP contribution < -0.4 is 11.1 Å². The van der Waals surface area contributed by atoms with E-state index in [2.05, 4.69) is 5.32 Å². The summed E-state index contributed by atoms with van der Waals surface area (Å²) in [5.41, 5.74) is 6.26. The molecule has 0 aliphatic heterocycles. The molecule has 1 aromatic heterocycles. The van der Waals surface area contributed by atoms with E-state index < -0.39 is 0 Å². The molecule has 1 atom stereocenters. The highest BCUT2D eigenvalue weighted by Gasteiger charge is 2.09. The highest BCUT2D eigenvalue weighted by atomic mass is 32.1. The van der Waals surface area contributed by atoms with Gasteiger partial charge in [-0.15, -0.1) is 0 Å². The van der Waals surface area contributed by atoms with Crippen LogP contribution in [0.1, 0.15) is 26.0 Å². The topological polar surface area (TPSA) is 60.0 Å². The number of nitrogens with zero attached hydrogens (tertiary/aromatic N) is 1. The number of aromatic nitrogens is 1. The van der Waals surface area contributed by atoms with Crippen LogP contribution in [0, 0.1) is 0 Å². The van der Waals surface area contributed by atoms with Gasteiger partial charge >= 0.3 is 0 Å². The predicted octanol–water partition coefficient (Wildman–Crippen LogP) is 1.04. The van der Waals surface area contributed by atoms with Crippen molar-refractivity contribution >= 4 is 23.1 Å². The van der Waals surface area contributed by atoms with E-state index in [4.69, 9.17) is 18.0 Å². The number of hydrogen-bond donors (Lipinski definition) is 2. The Bertz CT molecular complexity index is 386. The average Bonchev–Trinajstić information content (AvgIpc) is 2.65. The van der Waals surface area contributed by atoms with E-state index in [0.717, 1.165) is 6.42 Å². The number of thiocarbonyl (C=S) groups is 1. The first kappa shape index (κ1) is 12.7. The van der Waals surface area contributed by atoms with E-state index >= 15 is 0 Å². The summed E-state index contributed by atoms with van der Waals surface area (Å²) >= 11 is 4.89. The third-order valence-electron chi connectivity index (χ3n) is 2.42. The molecule has 0 bridgehead atoms. The molecule has 0 spiro atoms. The summed E-state index contributed by atoms with van der Waals surface area (Å²) < 4.78 is 1.75. The quantitative estimate of drug-likeness (QED) is 0.755. The number of carbonyl (C=O) groups excluding carboxylic acids is 1. The van der Waals surface area contributed by atoms with Crippen molar-refractivity contribution in [2.24, 2.45) is 5.73 Å². The minimum atomic E-state index is -0.0250. The van der Waals surface area contributed by atoms with Gasteiger partial charge in [-0.05, 0) is 25.5 Å². The zero-order chi connectivity index (χ0) is 12.1. The molecule has 0 fully saturated rings. The van der Waals surface area contributed by atoms with Gasteiger partial charge in [-0.3, -0.25) is 4.79 Å². The summed E-state index contributed by atoms with van der Waals surface area (Å²) in [6.45, 7) is 4.26. The van der Waals surface area contributed by atoms with E-state index in [1.807, 2.05) is 19.9 Å². The number of carbonyl (C=O) groups is 1. The summed E-state index contributed by atoms with van der Waals surface area (Å²) in [6, 6.07) is 3.82. The largest absolute Gasteiger partial charge is 0.388 e. The Morgan fingerprint density at radius 1 is 1.69 bits per heavy atom. The van der Waals surface area contributed by atoms with Crippen LogP contribution in [0.25, 0.3) is 0 Å². The Kier molecular flexibility index (Phi) is 4.49. The van der Waals surface area contributed by atoms with Crippen LogP contribution >= 0.6 is 12.2 Å². The molecule has 16 heavy (non-hydrogen) atoms. The van der Waals surface area contributed by atoms with Gasteiger partial charge in [-0.2, -0.15) is 0 Å². The molecule has 0 radical (unpaired) electrons. The van der Waals surface area contributed by atoms with Crippen molar-refractivity contribution in [3.63, 3.8) is 0 Å². The maximum absolute atomic E-state index is 11.6. The average molecular weight is 239 g/mol. The fourth-order valence-corrected chi connectivity index (χ4v) is 1.54. The summed E-state index contributed by atoms with van der Waals surface area (Å²) in [5.74, 6) is -0.0250. The summed E-state index contributed by atoms with van der Waals surface area (Å²) in [5, 5.41) is 2.89. The third-order valence-corrected chi connectivity index (χ3v) is 2.62. The van der Waals surface area contributed by atoms with Gasteiger partial charge in [-0.25, -0.2) is 0 Å². The maximum atomic E-state index is 11.6. The van der Waals surface area contributed by atoms with Crippen LogP contribution in [0.4, 0.5) is 0 Å². The molecule has 0 saturated carbocycles. The minimum Gasteiger partial charge on any atom is -0.388 e. The first-order valence-corrected chi connectivity index (χ1v) is 5.69. The van der Waals surface area contributed by atoms with E-state index in [9.17, 15) is 4.79 Å². The molecule has 0 aliphatic rings. The predicted molar refractivity (Wildman–Crippen MR) is 68.2 cm³/mol. The van der Waals surface area contributed by atoms with Crippen molar-refractivity contribution in [1.29, 1.82) is 0 Å². The lowest BCUT2D eigenvalue weighted by atomic mass is 10.2. The van der Waals surface area contributed by atoms with E-state index in [1.165, 1.54) is 0 Å². The molecule has 3 N–H and O–H groups in total. The molecule has 0 aliphatic carbocycles. The Morgan fingerprint density at radius 3 is 2.94 bits per heavy atom. The molecule has 0 aromatic carbocycles. The number of hydrogen-bond acceptors (Lipinski definition) is 2. The summed E-state index contributed by atoms with van der Waals surface area (Å²) in [7, 11) is 0. The number of amides is 1. The van der Waals surface area contributed by atoms with Gasteiger partial charge in [0, 0.05) is 12.2 Å². The van der Waals surface area contributed by atoms with Crippen LogP contribution in [0.3, 0.4) is 0 Å². The lowest BCUT2D eigenvalue weighted by Crippen LogP contribution is -2.35. The van der Waals surface area contributed by atoms with Gasteiger partial charge in [0.15, 0.2) is 0 Å². The van der Waals surface area contributed by atoms with Gasteiger partial charge in [-0.1, -0.05) is 19.1 Å². The van der Waals surface area contributed by atoms with Gasteiger partial charge < -0.3 is 15.6 Å². The number of nitrogens with two attached hydrogens (primary N) is 1. The molecule has 1 rings (SSSR count). The first-order valence-electron chi connectivity index (χ1n) is 5.29. The van der Waals surface area contributed by atoms with Crippen molar-refractivity contribution in [3.8, 4) is 0 Å². The molecule has 1 amide bonds. The molecule has 4 nitrogen and oxygen atoms in total. The fourth-order valence-electron chi connectivity index (χ4n) is 1.35. The van der Waals surface area contributed by atoms with Gasteiger partial charge in [0.2, 0.25) is 5.91 Å².